The van der Waals surface area contributed by atoms with Crippen LogP contribution in [0.15, 0.2) is 0 Å². The van der Waals surface area contributed by atoms with Gasteiger partial charge >= 0.3 is 0 Å². The van der Waals surface area contributed by atoms with Gasteiger partial charge in [0.15, 0.2) is 9.76 Å². The van der Waals surface area contributed by atoms with Gasteiger partial charge in [-0.3, -0.25) is 0 Å². The number of hydrogen-bond acceptors (Lipinski definition) is 3. The minimum atomic E-state index is -0.465. The van der Waals surface area contributed by atoms with Gasteiger partial charge in [-0.2, -0.15) is 0 Å². The second-order valence-corrected chi connectivity index (χ2v) is 5.88. The molecule has 0 radical (unpaired) electrons. The van der Waals surface area contributed by atoms with Crippen LogP contribution >= 0.6 is 0 Å². The lowest BCUT2D eigenvalue weighted by Crippen LogP contribution is -2.35. The molecule has 0 rings (SSSR count). The Morgan fingerprint density at radius 1 is 1.43 bits per heavy atom. The third-order valence-corrected chi connectivity index (χ3v) is 4.84. The van der Waals surface area contributed by atoms with Crippen LogP contribution in [0.5, 0.6) is 0 Å². The standard InChI is InChI=1S/C10H26N2OSi/c1-5-10(3,4)13-14-7-9(6-11)8(2)12/h8-9H,5-7,11-12,14H2,1-4H3. The Balaban J connectivity index is 3.71. The average Bonchev–Trinajstić information content (AvgIpc) is 2.12. The highest BCUT2D eigenvalue weighted by Crippen LogP contribution is 2.14. The Hall–Kier alpha value is 0.0969. The van der Waals surface area contributed by atoms with Crippen molar-refractivity contribution in [1.82, 2.24) is 0 Å². The summed E-state index contributed by atoms with van der Waals surface area (Å²) in [5, 5.41) is 0. The Morgan fingerprint density at radius 3 is 2.36 bits per heavy atom. The summed E-state index contributed by atoms with van der Waals surface area (Å²) in [6.07, 6.45) is 1.06. The first-order valence-corrected chi connectivity index (χ1v) is 7.10. The molecule has 0 fully saturated rings. The summed E-state index contributed by atoms with van der Waals surface area (Å²) in [7, 11) is -0.465. The molecule has 0 aliphatic heterocycles. The Morgan fingerprint density at radius 2 is 2.00 bits per heavy atom. The predicted molar refractivity (Wildman–Crippen MR) is 65.0 cm³/mol. The van der Waals surface area contributed by atoms with E-state index < -0.39 is 9.76 Å². The number of nitrogens with two attached hydrogens (primary N) is 2. The maximum Gasteiger partial charge on any atom is 0.162 e. The first kappa shape index (κ1) is 14.1. The zero-order valence-electron chi connectivity index (χ0n) is 10.0. The lowest BCUT2D eigenvalue weighted by Gasteiger charge is -2.26. The zero-order chi connectivity index (χ0) is 11.2. The molecule has 0 bridgehead atoms. The fraction of sp³-hybridized carbons (Fsp3) is 1.00. The van der Waals surface area contributed by atoms with Gasteiger partial charge in [-0.1, -0.05) is 6.92 Å². The van der Waals surface area contributed by atoms with E-state index in [9.17, 15) is 0 Å². The van der Waals surface area contributed by atoms with Crippen molar-refractivity contribution in [3.05, 3.63) is 0 Å². The zero-order valence-corrected chi connectivity index (χ0v) is 11.5. The van der Waals surface area contributed by atoms with Crippen molar-refractivity contribution < 1.29 is 4.43 Å². The van der Waals surface area contributed by atoms with E-state index in [1.54, 1.807) is 0 Å². The van der Waals surface area contributed by atoms with Crippen molar-refractivity contribution in [3.63, 3.8) is 0 Å². The highest BCUT2D eigenvalue weighted by atomic mass is 28.2. The molecular formula is C10H26N2OSi. The quantitative estimate of drug-likeness (QED) is 0.616. The van der Waals surface area contributed by atoms with Crippen LogP contribution in [0, 0.1) is 5.92 Å². The predicted octanol–water partition coefficient (Wildman–Crippen LogP) is 0.616. The normalized spacial score (nSPS) is 17.6. The maximum absolute atomic E-state index is 5.89. The lowest BCUT2D eigenvalue weighted by molar-refractivity contribution is 0.110. The SMILES string of the molecule is CCC(C)(C)O[SiH2]CC(CN)C(C)N. The Labute approximate surface area is 90.5 Å². The molecule has 0 aromatic rings. The van der Waals surface area contributed by atoms with E-state index in [0.717, 1.165) is 12.5 Å². The first-order chi connectivity index (χ1) is 6.43. The lowest BCUT2D eigenvalue weighted by atomic mass is 10.1. The van der Waals surface area contributed by atoms with Crippen LogP contribution in [0.25, 0.3) is 0 Å². The third-order valence-electron chi connectivity index (χ3n) is 2.88. The monoisotopic (exact) mass is 218 g/mol. The molecule has 14 heavy (non-hydrogen) atoms. The summed E-state index contributed by atoms with van der Waals surface area (Å²) in [6, 6.07) is 1.29. The molecule has 4 N–H and O–H groups in total. The van der Waals surface area contributed by atoms with Crippen LogP contribution in [0.4, 0.5) is 0 Å². The van der Waals surface area contributed by atoms with E-state index >= 15 is 0 Å². The second kappa shape index (κ2) is 6.56. The fourth-order valence-corrected chi connectivity index (χ4v) is 3.12. The van der Waals surface area contributed by atoms with E-state index in [4.69, 9.17) is 15.9 Å². The number of hydrogen-bond donors (Lipinski definition) is 2. The molecule has 3 nitrogen and oxygen atoms in total. The Bertz CT molecular complexity index is 151. The van der Waals surface area contributed by atoms with Gasteiger partial charge in [0, 0.05) is 11.6 Å². The maximum atomic E-state index is 5.89. The van der Waals surface area contributed by atoms with Crippen molar-refractivity contribution >= 4 is 9.76 Å². The van der Waals surface area contributed by atoms with Gasteiger partial charge in [-0.25, -0.2) is 0 Å². The Kier molecular flexibility index (Phi) is 6.60. The summed E-state index contributed by atoms with van der Waals surface area (Å²) in [5.74, 6) is 0.439. The summed E-state index contributed by atoms with van der Waals surface area (Å²) < 4.78 is 5.89. The number of rotatable bonds is 7. The molecule has 0 amide bonds. The molecule has 0 aromatic carbocycles. The smallest absolute Gasteiger partial charge is 0.162 e. The highest BCUT2D eigenvalue weighted by molar-refractivity contribution is 6.27. The van der Waals surface area contributed by atoms with Gasteiger partial charge in [-0.05, 0) is 45.7 Å². The van der Waals surface area contributed by atoms with Gasteiger partial charge in [0.1, 0.15) is 0 Å². The summed E-state index contributed by atoms with van der Waals surface area (Å²) in [4.78, 5) is 0. The third kappa shape index (κ3) is 5.75. The van der Waals surface area contributed by atoms with Crippen LogP contribution < -0.4 is 11.5 Å². The van der Waals surface area contributed by atoms with Crippen LogP contribution in [0.1, 0.15) is 34.1 Å². The first-order valence-electron chi connectivity index (χ1n) is 5.52. The van der Waals surface area contributed by atoms with Crippen LogP contribution in [0.2, 0.25) is 6.04 Å². The topological polar surface area (TPSA) is 61.3 Å². The molecule has 0 spiro atoms. The summed E-state index contributed by atoms with van der Waals surface area (Å²) >= 11 is 0. The largest absolute Gasteiger partial charge is 0.419 e. The molecule has 0 aromatic heterocycles. The van der Waals surface area contributed by atoms with Crippen molar-refractivity contribution in [2.45, 2.75) is 51.8 Å². The van der Waals surface area contributed by atoms with Crippen molar-refractivity contribution in [2.24, 2.45) is 17.4 Å². The molecule has 0 aliphatic carbocycles. The fourth-order valence-electron chi connectivity index (χ4n) is 1.18. The van der Waals surface area contributed by atoms with Gasteiger partial charge in [0.2, 0.25) is 0 Å². The van der Waals surface area contributed by atoms with Crippen LogP contribution in [0.3, 0.4) is 0 Å². The average molecular weight is 218 g/mol. The molecule has 4 heteroatoms. The van der Waals surface area contributed by atoms with E-state index in [-0.39, 0.29) is 11.6 Å². The van der Waals surface area contributed by atoms with Crippen molar-refractivity contribution in [1.29, 1.82) is 0 Å². The molecule has 2 atom stereocenters. The van der Waals surface area contributed by atoms with Gasteiger partial charge in [0.05, 0.1) is 0 Å². The minimum Gasteiger partial charge on any atom is -0.419 e. The molecule has 0 saturated carbocycles. The van der Waals surface area contributed by atoms with Gasteiger partial charge in [0.25, 0.3) is 0 Å². The minimum absolute atomic E-state index is 0.0448. The van der Waals surface area contributed by atoms with Gasteiger partial charge in [-0.15, -0.1) is 0 Å². The molecule has 86 valence electrons. The molecular weight excluding hydrogens is 192 g/mol. The highest BCUT2D eigenvalue weighted by Gasteiger charge is 2.17. The van der Waals surface area contributed by atoms with Crippen molar-refractivity contribution in [2.75, 3.05) is 6.54 Å². The molecule has 0 saturated heterocycles. The van der Waals surface area contributed by atoms with Crippen molar-refractivity contribution in [3.8, 4) is 0 Å². The van der Waals surface area contributed by atoms with E-state index in [0.29, 0.717) is 12.5 Å². The molecule has 0 aliphatic rings. The van der Waals surface area contributed by atoms with E-state index in [1.807, 2.05) is 6.92 Å². The van der Waals surface area contributed by atoms with Gasteiger partial charge < -0.3 is 15.9 Å². The second-order valence-electron chi connectivity index (χ2n) is 4.61. The summed E-state index contributed by atoms with van der Waals surface area (Å²) in [6.45, 7) is 9.14. The summed E-state index contributed by atoms with van der Waals surface area (Å²) in [5.41, 5.74) is 11.5. The molecule has 0 heterocycles. The van der Waals surface area contributed by atoms with E-state index in [2.05, 4.69) is 20.8 Å². The van der Waals surface area contributed by atoms with E-state index in [1.165, 1.54) is 0 Å². The van der Waals surface area contributed by atoms with Crippen LogP contribution in [-0.2, 0) is 4.43 Å². The molecule has 2 unspecified atom stereocenters. The van der Waals surface area contributed by atoms with Crippen LogP contribution in [-0.4, -0.2) is 28.0 Å².